The van der Waals surface area contributed by atoms with E-state index in [9.17, 15) is 19.8 Å². The van der Waals surface area contributed by atoms with Crippen molar-refractivity contribution in [2.24, 2.45) is 11.8 Å². The number of carbonyl (C=O) groups is 2. The van der Waals surface area contributed by atoms with Crippen molar-refractivity contribution in [2.45, 2.75) is 70.5 Å². The predicted octanol–water partition coefficient (Wildman–Crippen LogP) is 3.51. The minimum absolute atomic E-state index is 0.0677. The molecule has 152 valence electrons. The van der Waals surface area contributed by atoms with E-state index in [1.165, 1.54) is 7.11 Å². The maximum Gasteiger partial charge on any atom is 0.309 e. The Bertz CT molecular complexity index is 559. The first-order valence-electron chi connectivity index (χ1n) is 9.79. The smallest absolute Gasteiger partial charge is 0.309 e. The van der Waals surface area contributed by atoms with Crippen LogP contribution in [0.15, 0.2) is 36.5 Å². The van der Waals surface area contributed by atoms with Gasteiger partial charge in [-0.2, -0.15) is 0 Å². The predicted molar refractivity (Wildman–Crippen MR) is 106 cm³/mol. The zero-order chi connectivity index (χ0) is 20.3. The Morgan fingerprint density at radius 1 is 1.30 bits per heavy atom. The van der Waals surface area contributed by atoms with Crippen LogP contribution in [-0.2, 0) is 14.3 Å². The molecule has 0 aromatic heterocycles. The largest absolute Gasteiger partial charge is 0.469 e. The lowest BCUT2D eigenvalue weighted by Gasteiger charge is -2.22. The van der Waals surface area contributed by atoms with Gasteiger partial charge in [-0.05, 0) is 26.2 Å². The monoisotopic (exact) mass is 378 g/mol. The molecule has 2 N–H and O–H groups in total. The lowest BCUT2D eigenvalue weighted by molar-refractivity contribution is -0.139. The van der Waals surface area contributed by atoms with Crippen molar-refractivity contribution >= 4 is 11.8 Å². The van der Waals surface area contributed by atoms with Gasteiger partial charge in [0, 0.05) is 18.3 Å². The van der Waals surface area contributed by atoms with E-state index in [1.54, 1.807) is 18.2 Å². The molecule has 1 fully saturated rings. The Morgan fingerprint density at radius 3 is 2.67 bits per heavy atom. The normalized spacial score (nSPS) is 25.7. The summed E-state index contributed by atoms with van der Waals surface area (Å²) in [5, 5.41) is 20.6. The molecule has 1 aliphatic carbocycles. The second kappa shape index (κ2) is 11.9. The van der Waals surface area contributed by atoms with Crippen molar-refractivity contribution in [3.05, 3.63) is 36.5 Å². The van der Waals surface area contributed by atoms with Crippen LogP contribution in [0.3, 0.4) is 0 Å². The molecule has 0 aromatic rings. The SMILES string of the molecule is CCCCC(C)(O)C/C=C/[C@H]1[C@H](O)CC(=O)[C@@H]1C/C=C\C=C/CC(=O)OC. The number of Topliss-reactive ketones (excluding diaryl/α,β-unsaturated/α-hetero) is 1. The molecule has 0 heterocycles. The lowest BCUT2D eigenvalue weighted by Crippen LogP contribution is -2.23. The van der Waals surface area contributed by atoms with Gasteiger partial charge in [0.1, 0.15) is 5.78 Å². The van der Waals surface area contributed by atoms with Crippen molar-refractivity contribution < 1.29 is 24.5 Å². The van der Waals surface area contributed by atoms with Crippen LogP contribution in [0.2, 0.25) is 0 Å². The zero-order valence-corrected chi connectivity index (χ0v) is 16.8. The third kappa shape index (κ3) is 8.67. The first-order chi connectivity index (χ1) is 12.8. The highest BCUT2D eigenvalue weighted by Gasteiger charge is 2.39. The van der Waals surface area contributed by atoms with Gasteiger partial charge in [-0.15, -0.1) is 0 Å². The number of ether oxygens (including phenoxy) is 1. The van der Waals surface area contributed by atoms with Gasteiger partial charge < -0.3 is 14.9 Å². The summed E-state index contributed by atoms with van der Waals surface area (Å²) >= 11 is 0. The third-order valence-electron chi connectivity index (χ3n) is 5.00. The molecule has 0 bridgehead atoms. The van der Waals surface area contributed by atoms with Gasteiger partial charge >= 0.3 is 5.97 Å². The summed E-state index contributed by atoms with van der Waals surface area (Å²) in [4.78, 5) is 23.2. The Balaban J connectivity index is 2.58. The summed E-state index contributed by atoms with van der Waals surface area (Å²) in [5.41, 5.74) is -0.750. The van der Waals surface area contributed by atoms with E-state index in [2.05, 4.69) is 11.7 Å². The number of methoxy groups -OCH3 is 1. The number of aliphatic hydroxyl groups is 2. The Hall–Kier alpha value is -1.72. The van der Waals surface area contributed by atoms with Crippen LogP contribution >= 0.6 is 0 Å². The molecule has 0 aromatic carbocycles. The van der Waals surface area contributed by atoms with Crippen LogP contribution in [0.1, 0.15) is 58.8 Å². The fourth-order valence-corrected chi connectivity index (χ4v) is 3.30. The fourth-order valence-electron chi connectivity index (χ4n) is 3.30. The Morgan fingerprint density at radius 2 is 2.00 bits per heavy atom. The number of aliphatic hydroxyl groups excluding tert-OH is 1. The molecule has 1 saturated carbocycles. The number of allylic oxidation sites excluding steroid dienone is 3. The van der Waals surface area contributed by atoms with E-state index in [-0.39, 0.29) is 36.4 Å². The standard InChI is InChI=1S/C22H34O5/c1-4-5-14-22(2,26)15-10-12-18-17(19(23)16-20(18)24)11-8-6-7-9-13-21(25)27-3/h6-10,12,17-18,20,24,26H,4-5,11,13-16H2,1-3H3/b8-6-,9-7-,12-10+/t17-,18-,20-,22?/m1/s1. The number of hydrogen-bond donors (Lipinski definition) is 2. The number of rotatable bonds is 11. The molecule has 0 radical (unpaired) electrons. The summed E-state index contributed by atoms with van der Waals surface area (Å²) in [6.45, 7) is 3.92. The highest BCUT2D eigenvalue weighted by Crippen LogP contribution is 2.33. The number of esters is 1. The quantitative estimate of drug-likeness (QED) is 0.327. The summed E-state index contributed by atoms with van der Waals surface area (Å²) < 4.78 is 4.55. The summed E-state index contributed by atoms with van der Waals surface area (Å²) in [6.07, 6.45) is 14.5. The first-order valence-corrected chi connectivity index (χ1v) is 9.79. The molecular formula is C22H34O5. The molecule has 0 amide bonds. The molecule has 5 heteroatoms. The maximum atomic E-state index is 12.2. The second-order valence-electron chi connectivity index (χ2n) is 7.53. The molecular weight excluding hydrogens is 344 g/mol. The van der Waals surface area contributed by atoms with Gasteiger partial charge in [-0.3, -0.25) is 9.59 Å². The van der Waals surface area contributed by atoms with Crippen molar-refractivity contribution in [2.75, 3.05) is 7.11 Å². The maximum absolute atomic E-state index is 12.2. The summed E-state index contributed by atoms with van der Waals surface area (Å²) in [7, 11) is 1.35. The van der Waals surface area contributed by atoms with E-state index in [0.29, 0.717) is 12.8 Å². The minimum Gasteiger partial charge on any atom is -0.469 e. The van der Waals surface area contributed by atoms with Crippen molar-refractivity contribution in [1.29, 1.82) is 0 Å². The van der Waals surface area contributed by atoms with Crippen LogP contribution in [0.4, 0.5) is 0 Å². The van der Waals surface area contributed by atoms with Gasteiger partial charge in [0.05, 0.1) is 25.2 Å². The molecule has 5 nitrogen and oxygen atoms in total. The molecule has 1 unspecified atom stereocenters. The van der Waals surface area contributed by atoms with Gasteiger partial charge in [0.25, 0.3) is 0 Å². The molecule has 1 rings (SSSR count). The van der Waals surface area contributed by atoms with E-state index >= 15 is 0 Å². The number of hydrogen-bond acceptors (Lipinski definition) is 5. The molecule has 0 saturated heterocycles. The van der Waals surface area contributed by atoms with Gasteiger partial charge in [-0.1, -0.05) is 56.2 Å². The third-order valence-corrected chi connectivity index (χ3v) is 5.00. The highest BCUT2D eigenvalue weighted by molar-refractivity contribution is 5.84. The summed E-state index contributed by atoms with van der Waals surface area (Å²) in [5.74, 6) is -0.697. The summed E-state index contributed by atoms with van der Waals surface area (Å²) in [6, 6.07) is 0. The number of unbranched alkanes of at least 4 members (excludes halogenated alkanes) is 1. The topological polar surface area (TPSA) is 83.8 Å². The van der Waals surface area contributed by atoms with E-state index < -0.39 is 11.7 Å². The Kier molecular flexibility index (Phi) is 10.3. The van der Waals surface area contributed by atoms with Crippen LogP contribution in [0.5, 0.6) is 0 Å². The van der Waals surface area contributed by atoms with Gasteiger partial charge in [0.15, 0.2) is 0 Å². The van der Waals surface area contributed by atoms with Crippen LogP contribution < -0.4 is 0 Å². The van der Waals surface area contributed by atoms with E-state index in [0.717, 1.165) is 19.3 Å². The van der Waals surface area contributed by atoms with Crippen LogP contribution in [0, 0.1) is 11.8 Å². The molecule has 27 heavy (non-hydrogen) atoms. The zero-order valence-electron chi connectivity index (χ0n) is 16.8. The fraction of sp³-hybridized carbons (Fsp3) is 0.636. The van der Waals surface area contributed by atoms with E-state index in [1.807, 2.05) is 25.2 Å². The minimum atomic E-state index is -0.750. The van der Waals surface area contributed by atoms with Crippen LogP contribution in [-0.4, -0.2) is 40.8 Å². The van der Waals surface area contributed by atoms with Crippen molar-refractivity contribution in [3.63, 3.8) is 0 Å². The number of ketones is 1. The Labute approximate surface area is 162 Å². The molecule has 0 spiro atoms. The lowest BCUT2D eigenvalue weighted by atomic mass is 9.89. The molecule has 4 atom stereocenters. The first kappa shape index (κ1) is 23.3. The van der Waals surface area contributed by atoms with Crippen molar-refractivity contribution in [3.8, 4) is 0 Å². The number of carbonyl (C=O) groups excluding carboxylic acids is 2. The van der Waals surface area contributed by atoms with Crippen LogP contribution in [0.25, 0.3) is 0 Å². The van der Waals surface area contributed by atoms with E-state index in [4.69, 9.17) is 0 Å². The molecule has 1 aliphatic rings. The average molecular weight is 379 g/mol. The van der Waals surface area contributed by atoms with Crippen molar-refractivity contribution in [1.82, 2.24) is 0 Å². The van der Waals surface area contributed by atoms with Gasteiger partial charge in [-0.25, -0.2) is 0 Å². The highest BCUT2D eigenvalue weighted by atomic mass is 16.5. The van der Waals surface area contributed by atoms with Gasteiger partial charge in [0.2, 0.25) is 0 Å². The second-order valence-corrected chi connectivity index (χ2v) is 7.53. The average Bonchev–Trinajstić information content (AvgIpc) is 2.89. The molecule has 0 aliphatic heterocycles.